The number of ether oxygens (including phenoxy) is 3. The molecule has 59 heavy (non-hydrogen) atoms. The number of carboxylic acid groups (broad SMARTS) is 1. The molecule has 0 atom stereocenters. The van der Waals surface area contributed by atoms with E-state index < -0.39 is 5.97 Å². The number of rotatable bonds is 16. The number of likely N-dealkylation sites (tertiary alicyclic amines) is 2. The molecule has 4 fully saturated rings. The van der Waals surface area contributed by atoms with Gasteiger partial charge in [0.05, 0.1) is 31.2 Å². The van der Waals surface area contributed by atoms with Crippen molar-refractivity contribution in [1.29, 1.82) is 0 Å². The fourth-order valence-corrected chi connectivity index (χ4v) is 9.82. The van der Waals surface area contributed by atoms with E-state index in [0.29, 0.717) is 25.3 Å². The van der Waals surface area contributed by atoms with Crippen LogP contribution in [0.25, 0.3) is 21.5 Å². The number of methoxy groups -OCH3 is 1. The van der Waals surface area contributed by atoms with E-state index in [2.05, 4.69) is 96.4 Å². The first-order valence-corrected chi connectivity index (χ1v) is 22.9. The van der Waals surface area contributed by atoms with E-state index in [9.17, 15) is 9.59 Å². The van der Waals surface area contributed by atoms with E-state index in [1.807, 2.05) is 0 Å². The summed E-state index contributed by atoms with van der Waals surface area (Å²) >= 11 is 0. The Balaban J connectivity index is 0.000000179. The van der Waals surface area contributed by atoms with Crippen LogP contribution in [0.15, 0.2) is 72.8 Å². The zero-order valence-corrected chi connectivity index (χ0v) is 35.9. The van der Waals surface area contributed by atoms with E-state index in [1.54, 1.807) is 0 Å². The number of carbonyl (C=O) groups is 2. The van der Waals surface area contributed by atoms with Crippen LogP contribution in [0, 0.1) is 23.7 Å². The summed E-state index contributed by atoms with van der Waals surface area (Å²) in [6, 6.07) is 25.9. The first kappa shape index (κ1) is 43.0. The van der Waals surface area contributed by atoms with Gasteiger partial charge in [-0.25, -0.2) is 0 Å². The molecule has 2 heterocycles. The van der Waals surface area contributed by atoms with Crippen molar-refractivity contribution in [2.45, 2.75) is 129 Å². The second kappa shape index (κ2) is 20.9. The number of hydrogen-bond donors (Lipinski definition) is 1. The highest BCUT2D eigenvalue weighted by molar-refractivity contribution is 5.89. The van der Waals surface area contributed by atoms with E-state index in [1.165, 1.54) is 130 Å². The number of benzene rings is 4. The van der Waals surface area contributed by atoms with Crippen molar-refractivity contribution in [1.82, 2.24) is 9.80 Å². The molecule has 0 amide bonds. The van der Waals surface area contributed by atoms with Crippen molar-refractivity contribution in [3.8, 4) is 11.5 Å². The SMILES string of the molecule is CCCCC1CCC(Oc2cccc3cc(CN4CC(C(=O)O)C4)ccc23)CC1.CCCCC1CCC(Oc2cccc3cc(CN4CC(C(=O)OC)C4)ccc23)CC1. The lowest BCUT2D eigenvalue weighted by atomic mass is 9.84. The normalized spacial score (nSPS) is 22.8. The molecule has 2 aliphatic heterocycles. The minimum atomic E-state index is -0.680. The van der Waals surface area contributed by atoms with E-state index in [-0.39, 0.29) is 17.8 Å². The molecular formula is C51H68N2O6. The van der Waals surface area contributed by atoms with Gasteiger partial charge in [-0.1, -0.05) is 101 Å². The molecule has 0 spiro atoms. The van der Waals surface area contributed by atoms with Gasteiger partial charge in [-0.3, -0.25) is 19.4 Å². The summed E-state index contributed by atoms with van der Waals surface area (Å²) in [5.41, 5.74) is 2.51. The second-order valence-electron chi connectivity index (χ2n) is 18.1. The maximum Gasteiger partial charge on any atom is 0.311 e. The van der Waals surface area contributed by atoms with Gasteiger partial charge in [0.15, 0.2) is 0 Å². The highest BCUT2D eigenvalue weighted by Crippen LogP contribution is 2.36. The molecule has 2 saturated carbocycles. The molecule has 1 N–H and O–H groups in total. The monoisotopic (exact) mass is 805 g/mol. The van der Waals surface area contributed by atoms with Gasteiger partial charge in [-0.2, -0.15) is 0 Å². The molecule has 0 radical (unpaired) electrons. The maximum absolute atomic E-state index is 11.6. The number of esters is 1. The van der Waals surface area contributed by atoms with Crippen LogP contribution < -0.4 is 9.47 Å². The smallest absolute Gasteiger partial charge is 0.311 e. The molecule has 0 bridgehead atoms. The highest BCUT2D eigenvalue weighted by Gasteiger charge is 2.34. The largest absolute Gasteiger partial charge is 0.490 e. The van der Waals surface area contributed by atoms with Gasteiger partial charge in [0, 0.05) is 50.0 Å². The molecule has 8 heteroatoms. The third-order valence-corrected chi connectivity index (χ3v) is 13.5. The van der Waals surface area contributed by atoms with Crippen molar-refractivity contribution in [2.75, 3.05) is 33.3 Å². The lowest BCUT2D eigenvalue weighted by Crippen LogP contribution is -2.49. The molecule has 2 aliphatic carbocycles. The van der Waals surface area contributed by atoms with E-state index in [4.69, 9.17) is 19.3 Å². The standard InChI is InChI=1S/C26H35NO3.C25H33NO3/c1-3-4-6-19-9-12-23(13-10-19)30-25-8-5-7-21-15-20(11-14-24(21)25)16-27-17-22(18-27)26(28)29-2;1-2-3-5-18-8-11-22(12-9-18)29-24-7-4-6-20-14-19(10-13-23(20)24)15-26-16-21(17-26)25(27)28/h5,7-8,11,14-15,19,22-23H,3-4,6,9-10,12-13,16-18H2,1-2H3;4,6-7,10,13-14,18,21-22H,2-3,5,8-9,11-12,15-17H2,1H3,(H,27,28). The number of unbranched alkanes of at least 4 members (excludes halogenated alkanes) is 2. The first-order valence-electron chi connectivity index (χ1n) is 22.9. The lowest BCUT2D eigenvalue weighted by molar-refractivity contribution is -0.151. The van der Waals surface area contributed by atoms with Gasteiger partial charge in [0.2, 0.25) is 0 Å². The quantitative estimate of drug-likeness (QED) is 0.112. The van der Waals surface area contributed by atoms with Crippen LogP contribution in [0.3, 0.4) is 0 Å². The molecule has 4 aliphatic rings. The van der Waals surface area contributed by atoms with E-state index >= 15 is 0 Å². The average Bonchev–Trinajstić information content (AvgIpc) is 3.22. The van der Waals surface area contributed by atoms with Crippen molar-refractivity contribution in [3.63, 3.8) is 0 Å². The van der Waals surface area contributed by atoms with Gasteiger partial charge in [0.25, 0.3) is 0 Å². The Hall–Kier alpha value is -4.14. The van der Waals surface area contributed by atoms with Crippen LogP contribution in [-0.2, 0) is 27.4 Å². The molecule has 8 rings (SSSR count). The molecule has 0 unspecified atom stereocenters. The van der Waals surface area contributed by atoms with Crippen molar-refractivity contribution < 1.29 is 28.9 Å². The van der Waals surface area contributed by atoms with E-state index in [0.717, 1.165) is 49.5 Å². The van der Waals surface area contributed by atoms with Crippen molar-refractivity contribution in [3.05, 3.63) is 83.9 Å². The van der Waals surface area contributed by atoms with Crippen LogP contribution in [0.4, 0.5) is 0 Å². The third kappa shape index (κ3) is 11.6. The number of carbonyl (C=O) groups excluding carboxylic acids is 1. The topological polar surface area (TPSA) is 88.5 Å². The van der Waals surface area contributed by atoms with Gasteiger partial charge in [-0.15, -0.1) is 0 Å². The van der Waals surface area contributed by atoms with Crippen LogP contribution >= 0.6 is 0 Å². The lowest BCUT2D eigenvalue weighted by Gasteiger charge is -2.37. The van der Waals surface area contributed by atoms with Gasteiger partial charge < -0.3 is 19.3 Å². The summed E-state index contributed by atoms with van der Waals surface area (Å²) in [4.78, 5) is 27.0. The average molecular weight is 805 g/mol. The van der Waals surface area contributed by atoms with Crippen molar-refractivity contribution >= 4 is 33.5 Å². The minimum absolute atomic E-state index is 0.0347. The number of carboxylic acids is 1. The number of aliphatic carboxylic acids is 1. The number of nitrogens with zero attached hydrogens (tertiary/aromatic N) is 2. The Bertz CT molecular complexity index is 1970. The first-order chi connectivity index (χ1) is 28.8. The van der Waals surface area contributed by atoms with Crippen LogP contribution in [-0.4, -0.2) is 72.3 Å². The van der Waals surface area contributed by atoms with Gasteiger partial charge in [0.1, 0.15) is 11.5 Å². The van der Waals surface area contributed by atoms with Crippen molar-refractivity contribution in [2.24, 2.45) is 23.7 Å². The Morgan fingerprint density at radius 3 is 1.46 bits per heavy atom. The van der Waals surface area contributed by atoms with Crippen LogP contribution in [0.5, 0.6) is 11.5 Å². The summed E-state index contributed by atoms with van der Waals surface area (Å²) in [5.74, 6) is 2.88. The second-order valence-corrected chi connectivity index (χ2v) is 18.1. The number of hydrogen-bond acceptors (Lipinski definition) is 7. The molecule has 318 valence electrons. The maximum atomic E-state index is 11.6. The van der Waals surface area contributed by atoms with Crippen LogP contribution in [0.2, 0.25) is 0 Å². The Morgan fingerprint density at radius 1 is 0.610 bits per heavy atom. The predicted octanol–water partition coefficient (Wildman–Crippen LogP) is 11.1. The Morgan fingerprint density at radius 2 is 1.05 bits per heavy atom. The highest BCUT2D eigenvalue weighted by atomic mass is 16.5. The molecule has 8 nitrogen and oxygen atoms in total. The molecular weight excluding hydrogens is 737 g/mol. The van der Waals surface area contributed by atoms with Crippen LogP contribution in [0.1, 0.15) is 115 Å². The Labute approximate surface area is 352 Å². The minimum Gasteiger partial charge on any atom is -0.490 e. The zero-order chi connectivity index (χ0) is 41.1. The molecule has 4 aromatic rings. The predicted molar refractivity (Wildman–Crippen MR) is 237 cm³/mol. The summed E-state index contributed by atoms with van der Waals surface area (Å²) in [6.07, 6.45) is 18.7. The third-order valence-electron chi connectivity index (χ3n) is 13.5. The zero-order valence-electron chi connectivity index (χ0n) is 35.9. The fourth-order valence-electron chi connectivity index (χ4n) is 9.82. The summed E-state index contributed by atoms with van der Waals surface area (Å²) < 4.78 is 17.7. The summed E-state index contributed by atoms with van der Waals surface area (Å²) in [7, 11) is 1.46. The molecule has 4 aromatic carbocycles. The van der Waals surface area contributed by atoms with Gasteiger partial charge in [-0.05, 0) is 109 Å². The molecule has 0 aromatic heterocycles. The molecule has 2 saturated heterocycles. The summed E-state index contributed by atoms with van der Waals surface area (Å²) in [6.45, 7) is 9.11. The number of fused-ring (bicyclic) bond motifs is 2. The van der Waals surface area contributed by atoms with Gasteiger partial charge >= 0.3 is 11.9 Å². The Kier molecular flexibility index (Phi) is 15.2. The fraction of sp³-hybridized carbons (Fsp3) is 0.569. The summed E-state index contributed by atoms with van der Waals surface area (Å²) in [5, 5.41) is 13.8.